The topological polar surface area (TPSA) is 143 Å². The second-order valence-electron chi connectivity index (χ2n) is 11.9. The molecular formula is C29H38FN7O5SSi. The van der Waals surface area contributed by atoms with E-state index in [9.17, 15) is 12.8 Å². The van der Waals surface area contributed by atoms with Crippen LogP contribution in [0.3, 0.4) is 0 Å². The minimum absolute atomic E-state index is 0.0495. The first-order valence-electron chi connectivity index (χ1n) is 13.9. The zero-order valence-electron chi connectivity index (χ0n) is 26.3. The van der Waals surface area contributed by atoms with Crippen LogP contribution >= 0.6 is 0 Å². The first-order valence-corrected chi connectivity index (χ1v) is 18.3. The van der Waals surface area contributed by atoms with Crippen LogP contribution in [0, 0.1) is 12.7 Å². The number of halogens is 1. The second-order valence-corrected chi connectivity index (χ2v) is 18.6. The molecule has 1 N–H and O–H groups in total. The van der Waals surface area contributed by atoms with Crippen molar-refractivity contribution in [1.29, 1.82) is 0 Å². The Kier molecular flexibility index (Phi) is 9.42. The quantitative estimate of drug-likeness (QED) is 0.209. The lowest BCUT2D eigenvalue weighted by Gasteiger charge is -2.40. The Hall–Kier alpha value is -3.95. The molecule has 0 aliphatic rings. The number of benzene rings is 1. The van der Waals surface area contributed by atoms with E-state index in [4.69, 9.17) is 13.9 Å². The molecule has 0 fully saturated rings. The molecule has 0 saturated carbocycles. The fourth-order valence-corrected chi connectivity index (χ4v) is 6.65. The van der Waals surface area contributed by atoms with Gasteiger partial charge in [0.15, 0.2) is 25.8 Å². The van der Waals surface area contributed by atoms with E-state index in [-0.39, 0.29) is 16.8 Å². The van der Waals surface area contributed by atoms with E-state index < -0.39 is 35.5 Å². The summed E-state index contributed by atoms with van der Waals surface area (Å²) in [5, 5.41) is 7.09. The van der Waals surface area contributed by atoms with Crippen LogP contribution in [0.1, 0.15) is 45.2 Å². The predicted molar refractivity (Wildman–Crippen MR) is 167 cm³/mol. The molecule has 4 rings (SSSR count). The molecule has 0 aliphatic carbocycles. The summed E-state index contributed by atoms with van der Waals surface area (Å²) in [7, 11) is -3.87. The van der Waals surface area contributed by atoms with Crippen LogP contribution in [-0.2, 0) is 14.4 Å². The number of methoxy groups -OCH3 is 2. The molecule has 3 aromatic heterocycles. The molecule has 2 atom stereocenters. The molecule has 3 heterocycles. The summed E-state index contributed by atoms with van der Waals surface area (Å²) in [4.78, 5) is 12.5. The van der Waals surface area contributed by atoms with Gasteiger partial charge < -0.3 is 13.9 Å². The van der Waals surface area contributed by atoms with Gasteiger partial charge in [0.05, 0.1) is 26.6 Å². The van der Waals surface area contributed by atoms with Gasteiger partial charge in [-0.1, -0.05) is 26.8 Å². The van der Waals surface area contributed by atoms with Gasteiger partial charge in [0.1, 0.15) is 28.5 Å². The largest absolute Gasteiger partial charge is 0.494 e. The number of aromatic nitrogens is 6. The van der Waals surface area contributed by atoms with Crippen molar-refractivity contribution in [2.75, 3.05) is 18.9 Å². The second kappa shape index (κ2) is 12.6. The SMILES string of the molecule is COc1cccc(OC)c1-n1c(NS(=O)(=O)[C@@H](C)C(O[Si](C)(C)C(C)(C)C)c2ncc(F)cn2)nnc1-c1cncc(C)c1. The molecular weight excluding hydrogens is 606 g/mol. The van der Waals surface area contributed by atoms with Gasteiger partial charge in [-0.25, -0.2) is 22.8 Å². The average Bonchev–Trinajstić information content (AvgIpc) is 3.37. The van der Waals surface area contributed by atoms with Crippen molar-refractivity contribution in [1.82, 2.24) is 29.7 Å². The molecule has 236 valence electrons. The minimum atomic E-state index is -4.28. The van der Waals surface area contributed by atoms with Crippen molar-refractivity contribution in [3.05, 3.63) is 66.3 Å². The molecule has 1 unspecified atom stereocenters. The van der Waals surface area contributed by atoms with Crippen molar-refractivity contribution in [3.8, 4) is 28.6 Å². The maximum Gasteiger partial charge on any atom is 0.243 e. The zero-order chi connectivity index (χ0) is 32.4. The van der Waals surface area contributed by atoms with Crippen molar-refractivity contribution in [2.24, 2.45) is 0 Å². The standard InChI is InChI=1S/C29H38FN7O5SSi/c1-18-13-20(15-31-14-18)27-34-35-28(37(27)24-22(40-6)11-10-12-23(24)41-7)36-43(38,39)19(2)25(26-32-16-21(30)17-33-26)42-44(8,9)29(3,4)5/h10-17,19,25H,1-9H3,(H,35,36)/t19-,25?/m0/s1. The summed E-state index contributed by atoms with van der Waals surface area (Å²) in [5.41, 5.74) is 1.83. The van der Waals surface area contributed by atoms with Gasteiger partial charge in [-0.2, -0.15) is 0 Å². The van der Waals surface area contributed by atoms with Crippen molar-refractivity contribution in [3.63, 3.8) is 0 Å². The number of nitrogens with one attached hydrogen (secondary N) is 1. The molecule has 44 heavy (non-hydrogen) atoms. The van der Waals surface area contributed by atoms with E-state index >= 15 is 0 Å². The van der Waals surface area contributed by atoms with Gasteiger partial charge in [-0.3, -0.25) is 14.3 Å². The molecule has 0 spiro atoms. The number of nitrogens with zero attached hydrogens (tertiary/aromatic N) is 6. The molecule has 0 bridgehead atoms. The maximum atomic E-state index is 14.1. The molecule has 0 aliphatic heterocycles. The molecule has 1 aromatic carbocycles. The molecule has 15 heteroatoms. The molecule has 12 nitrogen and oxygen atoms in total. The number of anilines is 1. The van der Waals surface area contributed by atoms with E-state index in [0.29, 0.717) is 28.6 Å². The highest BCUT2D eigenvalue weighted by Gasteiger charge is 2.44. The third-order valence-electron chi connectivity index (χ3n) is 7.69. The van der Waals surface area contributed by atoms with Gasteiger partial charge in [0.2, 0.25) is 16.0 Å². The monoisotopic (exact) mass is 643 g/mol. The molecule has 4 aromatic rings. The molecule has 0 amide bonds. The summed E-state index contributed by atoms with van der Waals surface area (Å²) < 4.78 is 64.0. The Labute approximate surface area is 258 Å². The zero-order valence-corrected chi connectivity index (χ0v) is 28.1. The number of pyridine rings is 1. The summed E-state index contributed by atoms with van der Waals surface area (Å²) >= 11 is 0. The highest BCUT2D eigenvalue weighted by Crippen LogP contribution is 2.42. The van der Waals surface area contributed by atoms with E-state index in [1.165, 1.54) is 25.7 Å². The fourth-order valence-electron chi connectivity index (χ4n) is 4.18. The maximum absolute atomic E-state index is 14.1. The number of sulfonamides is 1. The number of ether oxygens (including phenoxy) is 2. The van der Waals surface area contributed by atoms with Crippen LogP contribution in [0.15, 0.2) is 49.1 Å². The normalized spacial score (nSPS) is 13.8. The lowest BCUT2D eigenvalue weighted by atomic mass is 10.2. The van der Waals surface area contributed by atoms with Gasteiger partial charge in [-0.15, -0.1) is 10.2 Å². The third-order valence-corrected chi connectivity index (χ3v) is 13.8. The number of rotatable bonds is 11. The highest BCUT2D eigenvalue weighted by molar-refractivity contribution is 7.93. The summed E-state index contributed by atoms with van der Waals surface area (Å²) in [6.45, 7) is 13.4. The lowest BCUT2D eigenvalue weighted by molar-refractivity contribution is 0.172. The Morgan fingerprint density at radius 1 is 1.00 bits per heavy atom. The van der Waals surface area contributed by atoms with Crippen LogP contribution in [-0.4, -0.2) is 65.9 Å². The van der Waals surface area contributed by atoms with Crippen LogP contribution in [0.25, 0.3) is 17.1 Å². The van der Waals surface area contributed by atoms with E-state index in [2.05, 4.69) is 29.9 Å². The Morgan fingerprint density at radius 3 is 2.16 bits per heavy atom. The summed E-state index contributed by atoms with van der Waals surface area (Å²) in [6.07, 6.45) is 4.16. The van der Waals surface area contributed by atoms with Gasteiger partial charge >= 0.3 is 0 Å². The van der Waals surface area contributed by atoms with Gasteiger partial charge in [-0.05, 0) is 55.7 Å². The van der Waals surface area contributed by atoms with E-state index in [0.717, 1.165) is 18.0 Å². The van der Waals surface area contributed by atoms with Crippen molar-refractivity contribution < 1.29 is 26.7 Å². The van der Waals surface area contributed by atoms with E-state index in [1.54, 1.807) is 30.6 Å². The summed E-state index contributed by atoms with van der Waals surface area (Å²) in [6, 6.07) is 7.03. The fraction of sp³-hybridized carbons (Fsp3) is 0.414. The van der Waals surface area contributed by atoms with Crippen molar-refractivity contribution in [2.45, 2.75) is 64.1 Å². The first kappa shape index (κ1) is 33.0. The number of para-hydroxylation sites is 1. The number of hydrogen-bond donors (Lipinski definition) is 1. The minimum Gasteiger partial charge on any atom is -0.494 e. The summed E-state index contributed by atoms with van der Waals surface area (Å²) in [5.74, 6) is 0.350. The van der Waals surface area contributed by atoms with Crippen LogP contribution < -0.4 is 14.2 Å². The molecule has 0 radical (unpaired) electrons. The predicted octanol–water partition coefficient (Wildman–Crippen LogP) is 5.48. The number of aryl methyl sites for hydroxylation is 1. The first-order chi connectivity index (χ1) is 20.6. The van der Waals surface area contributed by atoms with Gasteiger partial charge in [0.25, 0.3) is 0 Å². The number of hydrogen-bond acceptors (Lipinski definition) is 10. The van der Waals surface area contributed by atoms with Gasteiger partial charge in [0, 0.05) is 18.0 Å². The molecule has 0 saturated heterocycles. The third kappa shape index (κ3) is 6.74. The lowest BCUT2D eigenvalue weighted by Crippen LogP contribution is -2.45. The highest BCUT2D eigenvalue weighted by atomic mass is 32.2. The smallest absolute Gasteiger partial charge is 0.243 e. The van der Waals surface area contributed by atoms with Crippen molar-refractivity contribution >= 4 is 24.3 Å². The van der Waals surface area contributed by atoms with Crippen LogP contribution in [0.5, 0.6) is 11.5 Å². The van der Waals surface area contributed by atoms with E-state index in [1.807, 2.05) is 46.9 Å². The average molecular weight is 644 g/mol. The van der Waals surface area contributed by atoms with Crippen LogP contribution in [0.4, 0.5) is 10.3 Å². The Bertz CT molecular complexity index is 1700. The Morgan fingerprint density at radius 2 is 1.61 bits per heavy atom. The Balaban J connectivity index is 1.86. The van der Waals surface area contributed by atoms with Crippen LogP contribution in [0.2, 0.25) is 18.1 Å².